The van der Waals surface area contributed by atoms with Crippen molar-refractivity contribution in [3.8, 4) is 11.5 Å². The summed E-state index contributed by atoms with van der Waals surface area (Å²) in [6.45, 7) is 26.2. The third-order valence-corrected chi connectivity index (χ3v) is 12.4. The molecule has 0 saturated heterocycles. The number of fused-ring (bicyclic) bond motifs is 1. The number of ether oxygens (including phenoxy) is 2. The highest BCUT2D eigenvalue weighted by atomic mass is 28.4. The summed E-state index contributed by atoms with van der Waals surface area (Å²) in [5, 5.41) is 0. The molecule has 0 radical (unpaired) electrons. The molecule has 0 N–H and O–H groups in total. The van der Waals surface area contributed by atoms with Crippen LogP contribution in [0.5, 0.6) is 11.5 Å². The molecule has 0 spiro atoms. The molecule has 2 rings (SSSR count). The van der Waals surface area contributed by atoms with Crippen molar-refractivity contribution < 1.29 is 13.9 Å². The van der Waals surface area contributed by atoms with Gasteiger partial charge in [0, 0.05) is 12.0 Å². The minimum absolute atomic E-state index is 0.0167. The SMILES string of the molecule is C=CC(C)(C)Oc1ccc2c(c1)C(O[Si](C(C)C)(C(C)C)C(C)C)CC(C)(C)O2. The van der Waals surface area contributed by atoms with E-state index in [1.165, 1.54) is 0 Å². The van der Waals surface area contributed by atoms with E-state index >= 15 is 0 Å². The van der Waals surface area contributed by atoms with Crippen molar-refractivity contribution in [3.05, 3.63) is 36.4 Å². The van der Waals surface area contributed by atoms with Gasteiger partial charge in [-0.2, -0.15) is 0 Å². The van der Waals surface area contributed by atoms with E-state index in [1.807, 2.05) is 32.1 Å². The normalized spacial score (nSPS) is 19.3. The van der Waals surface area contributed by atoms with Crippen molar-refractivity contribution in [1.82, 2.24) is 0 Å². The summed E-state index contributed by atoms with van der Waals surface area (Å²) in [7, 11) is -2.03. The van der Waals surface area contributed by atoms with Gasteiger partial charge in [0.2, 0.25) is 8.32 Å². The number of rotatable bonds is 8. The lowest BCUT2D eigenvalue weighted by Gasteiger charge is -2.47. The molecule has 1 aromatic rings. The summed E-state index contributed by atoms with van der Waals surface area (Å²) in [6, 6.07) is 6.13. The predicted molar refractivity (Wildman–Crippen MR) is 126 cm³/mol. The van der Waals surface area contributed by atoms with Crippen LogP contribution < -0.4 is 9.47 Å². The molecule has 0 amide bonds. The summed E-state index contributed by atoms with van der Waals surface area (Å²) in [6.07, 6.45) is 2.69. The molecule has 0 saturated carbocycles. The first-order chi connectivity index (χ1) is 13.2. The first kappa shape index (κ1) is 24.0. The number of hydrogen-bond donors (Lipinski definition) is 0. The molecule has 1 heterocycles. The van der Waals surface area contributed by atoms with Crippen LogP contribution in [0.2, 0.25) is 16.6 Å². The van der Waals surface area contributed by atoms with E-state index < -0.39 is 13.9 Å². The average Bonchev–Trinajstić information content (AvgIpc) is 2.58. The van der Waals surface area contributed by atoms with Crippen LogP contribution in [0.4, 0.5) is 0 Å². The minimum atomic E-state index is -2.03. The van der Waals surface area contributed by atoms with Crippen LogP contribution in [0.25, 0.3) is 0 Å². The Balaban J connectivity index is 2.51. The highest BCUT2D eigenvalue weighted by Gasteiger charge is 2.48. The van der Waals surface area contributed by atoms with Crippen molar-refractivity contribution in [1.29, 1.82) is 0 Å². The van der Waals surface area contributed by atoms with Gasteiger partial charge in [-0.1, -0.05) is 48.1 Å². The highest BCUT2D eigenvalue weighted by Crippen LogP contribution is 2.50. The van der Waals surface area contributed by atoms with Gasteiger partial charge in [-0.25, -0.2) is 0 Å². The van der Waals surface area contributed by atoms with Crippen molar-refractivity contribution in [2.45, 2.75) is 110 Å². The van der Waals surface area contributed by atoms with Gasteiger partial charge in [0.1, 0.15) is 22.7 Å². The maximum Gasteiger partial charge on any atom is 0.201 e. The number of benzene rings is 1. The van der Waals surface area contributed by atoms with E-state index in [-0.39, 0.29) is 11.7 Å². The Kier molecular flexibility index (Phi) is 7.01. The third kappa shape index (κ3) is 5.08. The molecule has 164 valence electrons. The smallest absolute Gasteiger partial charge is 0.201 e. The van der Waals surface area contributed by atoms with Gasteiger partial charge in [0.05, 0.1) is 6.10 Å². The van der Waals surface area contributed by atoms with Gasteiger partial charge >= 0.3 is 0 Å². The molecule has 1 unspecified atom stereocenters. The van der Waals surface area contributed by atoms with Crippen molar-refractivity contribution in [2.24, 2.45) is 0 Å². The molecular formula is C25H42O3Si. The fraction of sp³-hybridized carbons (Fsp3) is 0.680. The predicted octanol–water partition coefficient (Wildman–Crippen LogP) is 7.82. The van der Waals surface area contributed by atoms with Crippen LogP contribution in [0.15, 0.2) is 30.9 Å². The molecule has 1 aliphatic heterocycles. The Morgan fingerprint density at radius 1 is 1.10 bits per heavy atom. The van der Waals surface area contributed by atoms with E-state index in [1.54, 1.807) is 0 Å². The molecule has 4 heteroatoms. The molecule has 29 heavy (non-hydrogen) atoms. The zero-order valence-electron chi connectivity index (χ0n) is 20.3. The Labute approximate surface area is 180 Å². The lowest BCUT2D eigenvalue weighted by molar-refractivity contribution is 0.0145. The summed E-state index contributed by atoms with van der Waals surface area (Å²) < 4.78 is 19.7. The largest absolute Gasteiger partial charge is 0.487 e. The zero-order chi connectivity index (χ0) is 22.2. The molecule has 3 nitrogen and oxygen atoms in total. The molecular weight excluding hydrogens is 376 g/mol. The molecule has 1 aromatic carbocycles. The molecule has 0 bridgehead atoms. The quantitative estimate of drug-likeness (QED) is 0.318. The first-order valence-electron chi connectivity index (χ1n) is 11.1. The highest BCUT2D eigenvalue weighted by molar-refractivity contribution is 6.77. The standard InChI is InChI=1S/C25H42O3Si/c1-12-24(8,9)26-20-13-14-22-21(15-20)23(16-25(10,11)27-22)28-29(17(2)3,18(4)5)19(6)7/h12-15,17-19,23H,1,16H2,2-11H3. The molecule has 0 aromatic heterocycles. The van der Waals surface area contributed by atoms with Crippen LogP contribution in [-0.2, 0) is 4.43 Å². The maximum absolute atomic E-state index is 7.22. The van der Waals surface area contributed by atoms with Gasteiger partial charge in [-0.3, -0.25) is 0 Å². The Bertz CT molecular complexity index is 697. The third-order valence-electron chi connectivity index (χ3n) is 6.32. The van der Waals surface area contributed by atoms with Gasteiger partial charge in [0.15, 0.2) is 0 Å². The first-order valence-corrected chi connectivity index (χ1v) is 13.2. The Morgan fingerprint density at radius 2 is 1.66 bits per heavy atom. The van der Waals surface area contributed by atoms with Gasteiger partial charge in [-0.15, -0.1) is 0 Å². The molecule has 1 atom stereocenters. The number of hydrogen-bond acceptors (Lipinski definition) is 3. The summed E-state index contributed by atoms with van der Waals surface area (Å²) in [5.41, 5.74) is 2.04. The van der Waals surface area contributed by atoms with Crippen LogP contribution in [0, 0.1) is 0 Å². The molecule has 1 aliphatic rings. The Hall–Kier alpha value is -1.26. The fourth-order valence-corrected chi connectivity index (χ4v) is 10.5. The topological polar surface area (TPSA) is 27.7 Å². The van der Waals surface area contributed by atoms with Crippen LogP contribution in [0.1, 0.15) is 87.3 Å². The minimum Gasteiger partial charge on any atom is -0.487 e. The monoisotopic (exact) mass is 418 g/mol. The summed E-state index contributed by atoms with van der Waals surface area (Å²) >= 11 is 0. The van der Waals surface area contributed by atoms with E-state index in [4.69, 9.17) is 13.9 Å². The second kappa shape index (κ2) is 8.47. The van der Waals surface area contributed by atoms with Gasteiger partial charge in [0.25, 0.3) is 0 Å². The summed E-state index contributed by atoms with van der Waals surface area (Å²) in [5.74, 6) is 1.74. The van der Waals surface area contributed by atoms with Crippen LogP contribution in [0.3, 0.4) is 0 Å². The van der Waals surface area contributed by atoms with Crippen LogP contribution in [-0.4, -0.2) is 19.5 Å². The second-order valence-corrected chi connectivity index (χ2v) is 16.0. The second-order valence-electron chi connectivity index (χ2n) is 10.6. The van der Waals surface area contributed by atoms with Crippen LogP contribution >= 0.6 is 0 Å². The molecule has 0 fully saturated rings. The average molecular weight is 419 g/mol. The summed E-state index contributed by atoms with van der Waals surface area (Å²) in [4.78, 5) is 0. The van der Waals surface area contributed by atoms with E-state index in [9.17, 15) is 0 Å². The van der Waals surface area contributed by atoms with Gasteiger partial charge < -0.3 is 13.9 Å². The fourth-order valence-electron chi connectivity index (χ4n) is 4.94. The van der Waals surface area contributed by atoms with Crippen molar-refractivity contribution >= 4 is 8.32 Å². The lowest BCUT2D eigenvalue weighted by Crippen LogP contribution is -2.50. The van der Waals surface area contributed by atoms with Gasteiger partial charge in [-0.05, 0) is 68.6 Å². The Morgan fingerprint density at radius 3 is 2.14 bits per heavy atom. The maximum atomic E-state index is 7.22. The van der Waals surface area contributed by atoms with E-state index in [0.717, 1.165) is 23.5 Å². The van der Waals surface area contributed by atoms with E-state index in [2.05, 4.69) is 68.0 Å². The molecule has 0 aliphatic carbocycles. The zero-order valence-corrected chi connectivity index (χ0v) is 21.3. The van der Waals surface area contributed by atoms with Crippen molar-refractivity contribution in [3.63, 3.8) is 0 Å². The van der Waals surface area contributed by atoms with E-state index in [0.29, 0.717) is 16.6 Å². The lowest BCUT2D eigenvalue weighted by atomic mass is 9.91. The van der Waals surface area contributed by atoms with Crippen molar-refractivity contribution in [2.75, 3.05) is 0 Å².